The van der Waals surface area contributed by atoms with Crippen LogP contribution in [0.25, 0.3) is 0 Å². The minimum absolute atomic E-state index is 0.00820. The van der Waals surface area contributed by atoms with Crippen molar-refractivity contribution in [2.75, 3.05) is 0 Å². The summed E-state index contributed by atoms with van der Waals surface area (Å²) in [5, 5.41) is 0.566. The summed E-state index contributed by atoms with van der Waals surface area (Å²) in [5.41, 5.74) is 2.09. The van der Waals surface area contributed by atoms with E-state index in [1.165, 1.54) is 17.8 Å². The van der Waals surface area contributed by atoms with Gasteiger partial charge in [-0.15, -0.1) is 0 Å². The molecule has 0 saturated carbocycles. The Morgan fingerprint density at radius 1 is 1.38 bits per heavy atom. The highest BCUT2D eigenvalue weighted by atomic mass is 32.2. The lowest BCUT2D eigenvalue weighted by Gasteiger charge is -2.08. The lowest BCUT2D eigenvalue weighted by Crippen LogP contribution is -1.99. The normalized spacial score (nSPS) is 15.3. The zero-order chi connectivity index (χ0) is 15.4. The van der Waals surface area contributed by atoms with Gasteiger partial charge in [0, 0.05) is 10.5 Å². The fraction of sp³-hybridized carbons (Fsp3) is 0.200. The van der Waals surface area contributed by atoms with Gasteiger partial charge in [0.2, 0.25) is 7.28 Å². The van der Waals surface area contributed by atoms with Crippen LogP contribution in [0.1, 0.15) is 25.8 Å². The maximum absolute atomic E-state index is 13.0. The molecule has 0 saturated heterocycles. The molecule has 0 aromatic heterocycles. The number of allylic oxidation sites excluding steroid dienone is 1. The quantitative estimate of drug-likeness (QED) is 0.351. The number of halogens is 2. The van der Waals surface area contributed by atoms with Crippen LogP contribution in [0.15, 0.2) is 63.1 Å². The molecule has 0 unspecified atom stereocenters. The summed E-state index contributed by atoms with van der Waals surface area (Å²) in [6, 6.07) is 6.43. The summed E-state index contributed by atoms with van der Waals surface area (Å²) in [5.74, 6) is 0.657. The molecule has 21 heavy (non-hydrogen) atoms. The predicted octanol–water partition coefficient (Wildman–Crippen LogP) is 4.36. The summed E-state index contributed by atoms with van der Waals surface area (Å²) < 4.78 is 26.0. The number of rotatable bonds is 4. The molecule has 1 aliphatic heterocycles. The summed E-state index contributed by atoms with van der Waals surface area (Å²) in [7, 11) is 0.807. The Hall–Kier alpha value is -1.69. The highest BCUT2D eigenvalue weighted by Gasteiger charge is 2.16. The molecule has 6 heteroatoms. The Morgan fingerprint density at radius 3 is 2.67 bits per heavy atom. The lowest BCUT2D eigenvalue weighted by atomic mass is 9.68. The van der Waals surface area contributed by atoms with Gasteiger partial charge in [0.15, 0.2) is 0 Å². The number of hydrogen-bond donors (Lipinski definition) is 0. The summed E-state index contributed by atoms with van der Waals surface area (Å²) in [6.07, 6.45) is -0.941. The van der Waals surface area contributed by atoms with Gasteiger partial charge in [0.25, 0.3) is 6.43 Å². The fourth-order valence-corrected chi connectivity index (χ4v) is 2.84. The minimum Gasteiger partial charge on any atom is -0.249 e. The SMILES string of the molecule is C=C/C(=N\C1=C(C)BC(C)=N1)Sc1ccccc1C(F)F. The second-order valence-electron chi connectivity index (χ2n) is 4.72. The van der Waals surface area contributed by atoms with Gasteiger partial charge in [-0.3, -0.25) is 0 Å². The van der Waals surface area contributed by atoms with E-state index in [9.17, 15) is 8.78 Å². The van der Waals surface area contributed by atoms with Crippen LogP contribution in [-0.4, -0.2) is 17.9 Å². The van der Waals surface area contributed by atoms with Gasteiger partial charge in [-0.05, 0) is 31.6 Å². The molecule has 1 heterocycles. The molecule has 0 fully saturated rings. The first kappa shape index (κ1) is 15.7. The van der Waals surface area contributed by atoms with E-state index in [0.717, 1.165) is 18.4 Å². The van der Waals surface area contributed by atoms with E-state index in [-0.39, 0.29) is 5.56 Å². The predicted molar refractivity (Wildman–Crippen MR) is 87.8 cm³/mol. The Labute approximate surface area is 128 Å². The molecule has 0 bridgehead atoms. The topological polar surface area (TPSA) is 24.7 Å². The highest BCUT2D eigenvalue weighted by molar-refractivity contribution is 8.14. The van der Waals surface area contributed by atoms with Gasteiger partial charge in [0.05, 0.1) is 0 Å². The Kier molecular flexibility index (Phi) is 5.12. The average molecular weight is 304 g/mol. The van der Waals surface area contributed by atoms with Gasteiger partial charge in [-0.1, -0.05) is 42.0 Å². The zero-order valence-corrected chi connectivity index (χ0v) is 12.8. The van der Waals surface area contributed by atoms with Crippen molar-refractivity contribution in [3.63, 3.8) is 0 Å². The van der Waals surface area contributed by atoms with Crippen molar-refractivity contribution in [1.29, 1.82) is 0 Å². The number of nitrogens with zero attached hydrogens (tertiary/aromatic N) is 2. The van der Waals surface area contributed by atoms with Gasteiger partial charge in [0.1, 0.15) is 10.9 Å². The summed E-state index contributed by atoms with van der Waals surface area (Å²) >= 11 is 1.18. The van der Waals surface area contributed by atoms with Gasteiger partial charge < -0.3 is 0 Å². The van der Waals surface area contributed by atoms with Crippen molar-refractivity contribution < 1.29 is 8.78 Å². The molecule has 2 rings (SSSR count). The van der Waals surface area contributed by atoms with Crippen molar-refractivity contribution in [3.8, 4) is 0 Å². The first-order valence-electron chi connectivity index (χ1n) is 6.51. The van der Waals surface area contributed by atoms with Crippen molar-refractivity contribution in [2.45, 2.75) is 25.2 Å². The second-order valence-corrected chi connectivity index (χ2v) is 5.78. The molecule has 0 radical (unpaired) electrons. The van der Waals surface area contributed by atoms with E-state index in [1.54, 1.807) is 24.3 Å². The third kappa shape index (κ3) is 3.91. The van der Waals surface area contributed by atoms with Crippen LogP contribution >= 0.6 is 11.8 Å². The Balaban J connectivity index is 2.29. The molecular formula is C15H15BF2N2S. The smallest absolute Gasteiger partial charge is 0.249 e. The molecule has 0 aliphatic carbocycles. The van der Waals surface area contributed by atoms with Crippen molar-refractivity contribution in [3.05, 3.63) is 53.8 Å². The molecule has 0 amide bonds. The Bertz CT molecular complexity index is 651. The number of alkyl halides is 2. The van der Waals surface area contributed by atoms with E-state index in [2.05, 4.69) is 16.6 Å². The fourth-order valence-electron chi connectivity index (χ4n) is 1.98. The standard InChI is InChI=1S/C15H15BF2N2S/c1-4-13(20-15-9(2)16-10(3)19-15)21-12-8-6-5-7-11(12)14(17)18/h4-8,14,16H,1H2,2-3H3/b20-13+. The van der Waals surface area contributed by atoms with Gasteiger partial charge in [-0.2, -0.15) is 0 Å². The number of hydrogen-bond acceptors (Lipinski definition) is 3. The van der Waals surface area contributed by atoms with Gasteiger partial charge in [-0.25, -0.2) is 18.8 Å². The van der Waals surface area contributed by atoms with E-state index in [4.69, 9.17) is 0 Å². The molecule has 1 aromatic rings. The Morgan fingerprint density at radius 2 is 2.10 bits per heavy atom. The van der Waals surface area contributed by atoms with Crippen LogP contribution < -0.4 is 0 Å². The largest absolute Gasteiger partial charge is 0.264 e. The maximum Gasteiger partial charge on any atom is 0.264 e. The molecule has 1 aromatic carbocycles. The summed E-state index contributed by atoms with van der Waals surface area (Å²) in [4.78, 5) is 9.27. The third-order valence-corrected chi connectivity index (χ3v) is 4.02. The number of benzene rings is 1. The van der Waals surface area contributed by atoms with Crippen LogP contribution in [0.3, 0.4) is 0 Å². The molecule has 108 valence electrons. The molecule has 0 spiro atoms. The molecule has 1 aliphatic rings. The first-order chi connectivity index (χ1) is 10.0. The number of aliphatic imine (C=N–C) groups is 2. The lowest BCUT2D eigenvalue weighted by molar-refractivity contribution is 0.148. The summed E-state index contributed by atoms with van der Waals surface area (Å²) in [6.45, 7) is 7.62. The average Bonchev–Trinajstić information content (AvgIpc) is 2.76. The van der Waals surface area contributed by atoms with Crippen LogP contribution in [0.2, 0.25) is 0 Å². The van der Waals surface area contributed by atoms with Gasteiger partial charge >= 0.3 is 0 Å². The zero-order valence-electron chi connectivity index (χ0n) is 11.9. The highest BCUT2D eigenvalue weighted by Crippen LogP contribution is 2.32. The monoisotopic (exact) mass is 304 g/mol. The van der Waals surface area contributed by atoms with Crippen LogP contribution in [0.5, 0.6) is 0 Å². The molecule has 2 nitrogen and oxygen atoms in total. The third-order valence-electron chi connectivity index (χ3n) is 2.96. The van der Waals surface area contributed by atoms with E-state index in [0.29, 0.717) is 15.8 Å². The van der Waals surface area contributed by atoms with Crippen LogP contribution in [0.4, 0.5) is 8.78 Å². The first-order valence-corrected chi connectivity index (χ1v) is 7.33. The van der Waals surface area contributed by atoms with Crippen molar-refractivity contribution in [2.24, 2.45) is 9.98 Å². The minimum atomic E-state index is -2.51. The maximum atomic E-state index is 13.0. The molecule has 0 atom stereocenters. The van der Waals surface area contributed by atoms with Crippen LogP contribution in [-0.2, 0) is 0 Å². The van der Waals surface area contributed by atoms with Crippen LogP contribution in [0, 0.1) is 0 Å². The second kappa shape index (κ2) is 6.85. The van der Waals surface area contributed by atoms with Crippen molar-refractivity contribution in [1.82, 2.24) is 0 Å². The van der Waals surface area contributed by atoms with E-state index < -0.39 is 6.43 Å². The molecule has 0 N–H and O–H groups in total. The molecular weight excluding hydrogens is 289 g/mol. The number of thioether (sulfide) groups is 1. The van der Waals surface area contributed by atoms with Crippen molar-refractivity contribution >= 4 is 29.7 Å². The van der Waals surface area contributed by atoms with E-state index >= 15 is 0 Å². The van der Waals surface area contributed by atoms with E-state index in [1.807, 2.05) is 13.8 Å².